The Hall–Kier alpha value is -1.96. The summed E-state index contributed by atoms with van der Waals surface area (Å²) in [5.74, 6) is 0.552. The van der Waals surface area contributed by atoms with Gasteiger partial charge in [-0.25, -0.2) is 9.97 Å². The summed E-state index contributed by atoms with van der Waals surface area (Å²) in [5, 5.41) is 7.33. The van der Waals surface area contributed by atoms with Gasteiger partial charge in [-0.3, -0.25) is 9.48 Å². The summed E-state index contributed by atoms with van der Waals surface area (Å²) in [7, 11) is 1.80. The van der Waals surface area contributed by atoms with Gasteiger partial charge in [-0.1, -0.05) is 11.3 Å². The molecular weight excluding hydrogens is 252 g/mol. The molecule has 0 saturated carbocycles. The van der Waals surface area contributed by atoms with E-state index < -0.39 is 0 Å². The van der Waals surface area contributed by atoms with E-state index in [2.05, 4.69) is 20.4 Å². The van der Waals surface area contributed by atoms with Gasteiger partial charge in [0.25, 0.3) is 5.91 Å². The van der Waals surface area contributed by atoms with E-state index in [-0.39, 0.29) is 5.91 Å². The van der Waals surface area contributed by atoms with Gasteiger partial charge in [0.05, 0.1) is 5.69 Å². The van der Waals surface area contributed by atoms with Crippen LogP contribution in [0.1, 0.15) is 21.2 Å². The summed E-state index contributed by atoms with van der Waals surface area (Å²) in [6.45, 7) is 2.25. The zero-order valence-electron chi connectivity index (χ0n) is 10.2. The van der Waals surface area contributed by atoms with Crippen LogP contribution < -0.4 is 11.1 Å². The lowest BCUT2D eigenvalue weighted by Crippen LogP contribution is -2.25. The van der Waals surface area contributed by atoms with Crippen molar-refractivity contribution in [1.82, 2.24) is 25.1 Å². The van der Waals surface area contributed by atoms with Crippen LogP contribution in [0.4, 0.5) is 5.13 Å². The number of hydrogen-bond acceptors (Lipinski definition) is 6. The number of nitrogens with two attached hydrogens (primary N) is 1. The van der Waals surface area contributed by atoms with Gasteiger partial charge in [0.1, 0.15) is 11.2 Å². The highest BCUT2D eigenvalue weighted by atomic mass is 32.1. The molecule has 2 aromatic rings. The first-order valence-corrected chi connectivity index (χ1v) is 6.23. The van der Waals surface area contributed by atoms with E-state index in [1.165, 1.54) is 11.3 Å². The average molecular weight is 266 g/mol. The van der Waals surface area contributed by atoms with Gasteiger partial charge in [0, 0.05) is 20.0 Å². The third-order valence-corrected chi connectivity index (χ3v) is 3.29. The molecule has 0 aliphatic heterocycles. The third kappa shape index (κ3) is 2.83. The molecule has 3 N–H and O–H groups in total. The molecule has 0 saturated heterocycles. The van der Waals surface area contributed by atoms with Crippen molar-refractivity contribution in [3.8, 4) is 0 Å². The van der Waals surface area contributed by atoms with E-state index >= 15 is 0 Å². The van der Waals surface area contributed by atoms with E-state index in [9.17, 15) is 4.79 Å². The molecular formula is C10H14N6OS. The first-order chi connectivity index (χ1) is 8.56. The number of nitrogens with zero attached hydrogens (tertiary/aromatic N) is 4. The van der Waals surface area contributed by atoms with Crippen LogP contribution in [0.25, 0.3) is 0 Å². The van der Waals surface area contributed by atoms with Crippen LogP contribution in [0.2, 0.25) is 0 Å². The number of thiazole rings is 1. The minimum absolute atomic E-state index is 0.155. The Morgan fingerprint density at radius 2 is 2.39 bits per heavy atom. The largest absolute Gasteiger partial charge is 0.375 e. The van der Waals surface area contributed by atoms with Crippen molar-refractivity contribution >= 4 is 22.4 Å². The molecule has 0 fully saturated rings. The molecule has 8 heteroatoms. The summed E-state index contributed by atoms with van der Waals surface area (Å²) in [4.78, 5) is 20.5. The number of nitrogens with one attached hydrogen (secondary N) is 1. The van der Waals surface area contributed by atoms with Gasteiger partial charge >= 0.3 is 0 Å². The number of amides is 1. The molecule has 0 spiro atoms. The van der Waals surface area contributed by atoms with Gasteiger partial charge in [-0.2, -0.15) is 5.10 Å². The summed E-state index contributed by atoms with van der Waals surface area (Å²) < 4.78 is 1.63. The molecule has 2 heterocycles. The molecule has 1 amide bonds. The lowest BCUT2D eigenvalue weighted by atomic mass is 10.3. The average Bonchev–Trinajstić information content (AvgIpc) is 2.85. The van der Waals surface area contributed by atoms with E-state index in [4.69, 9.17) is 5.73 Å². The van der Waals surface area contributed by atoms with E-state index in [1.54, 1.807) is 25.0 Å². The Morgan fingerprint density at radius 3 is 2.94 bits per heavy atom. The smallest absolute Gasteiger partial charge is 0.263 e. The summed E-state index contributed by atoms with van der Waals surface area (Å²) >= 11 is 1.19. The molecule has 0 unspecified atom stereocenters. The minimum atomic E-state index is -0.155. The molecule has 2 aromatic heterocycles. The zero-order chi connectivity index (χ0) is 13.1. The van der Waals surface area contributed by atoms with Gasteiger partial charge in [0.2, 0.25) is 0 Å². The SMILES string of the molecule is Cc1nc(N)sc1C(=O)NCCc1ncn(C)n1. The van der Waals surface area contributed by atoms with Crippen LogP contribution in [-0.4, -0.2) is 32.2 Å². The predicted octanol–water partition coefficient (Wildman–Crippen LogP) is 0.135. The second-order valence-electron chi connectivity index (χ2n) is 3.81. The fourth-order valence-corrected chi connectivity index (χ4v) is 2.24. The molecule has 2 rings (SSSR count). The van der Waals surface area contributed by atoms with Crippen molar-refractivity contribution in [3.63, 3.8) is 0 Å². The van der Waals surface area contributed by atoms with Crippen LogP contribution in [0.3, 0.4) is 0 Å². The van der Waals surface area contributed by atoms with Crippen molar-refractivity contribution in [2.75, 3.05) is 12.3 Å². The maximum absolute atomic E-state index is 11.8. The van der Waals surface area contributed by atoms with Gasteiger partial charge < -0.3 is 11.1 Å². The molecule has 0 bridgehead atoms. The number of carbonyl (C=O) groups is 1. The molecule has 18 heavy (non-hydrogen) atoms. The number of aryl methyl sites for hydroxylation is 2. The summed E-state index contributed by atoms with van der Waals surface area (Å²) in [6.07, 6.45) is 2.23. The Morgan fingerprint density at radius 1 is 1.61 bits per heavy atom. The second kappa shape index (κ2) is 5.13. The molecule has 0 atom stereocenters. The number of rotatable bonds is 4. The van der Waals surface area contributed by atoms with E-state index in [1.807, 2.05) is 0 Å². The van der Waals surface area contributed by atoms with Crippen molar-refractivity contribution < 1.29 is 4.79 Å². The van der Waals surface area contributed by atoms with Crippen LogP contribution in [0.15, 0.2) is 6.33 Å². The van der Waals surface area contributed by atoms with Crippen LogP contribution in [0.5, 0.6) is 0 Å². The highest BCUT2D eigenvalue weighted by Gasteiger charge is 2.13. The second-order valence-corrected chi connectivity index (χ2v) is 4.84. The number of nitrogen functional groups attached to an aromatic ring is 1. The van der Waals surface area contributed by atoms with Crippen LogP contribution in [0, 0.1) is 6.92 Å². The van der Waals surface area contributed by atoms with Crippen LogP contribution in [-0.2, 0) is 13.5 Å². The first-order valence-electron chi connectivity index (χ1n) is 5.42. The van der Waals surface area contributed by atoms with Gasteiger partial charge in [0.15, 0.2) is 11.0 Å². The monoisotopic (exact) mass is 266 g/mol. The molecule has 96 valence electrons. The first kappa shape index (κ1) is 12.5. The van der Waals surface area contributed by atoms with Crippen molar-refractivity contribution in [3.05, 3.63) is 22.7 Å². The fourth-order valence-electron chi connectivity index (χ4n) is 1.49. The molecule has 0 radical (unpaired) electrons. The van der Waals surface area contributed by atoms with Crippen molar-refractivity contribution in [2.45, 2.75) is 13.3 Å². The maximum atomic E-state index is 11.8. The molecule has 0 aliphatic rings. The lowest BCUT2D eigenvalue weighted by Gasteiger charge is -2.01. The van der Waals surface area contributed by atoms with Crippen molar-refractivity contribution in [1.29, 1.82) is 0 Å². The Labute approximate surface area is 108 Å². The van der Waals surface area contributed by atoms with E-state index in [0.29, 0.717) is 34.5 Å². The van der Waals surface area contributed by atoms with Crippen molar-refractivity contribution in [2.24, 2.45) is 7.05 Å². The predicted molar refractivity (Wildman–Crippen MR) is 68.3 cm³/mol. The number of hydrogen-bond donors (Lipinski definition) is 2. The fraction of sp³-hybridized carbons (Fsp3) is 0.400. The highest BCUT2D eigenvalue weighted by molar-refractivity contribution is 7.17. The minimum Gasteiger partial charge on any atom is -0.375 e. The highest BCUT2D eigenvalue weighted by Crippen LogP contribution is 2.19. The van der Waals surface area contributed by atoms with E-state index in [0.717, 1.165) is 0 Å². The van der Waals surface area contributed by atoms with Gasteiger partial charge in [-0.15, -0.1) is 0 Å². The Balaban J connectivity index is 1.87. The normalized spacial score (nSPS) is 10.6. The third-order valence-electron chi connectivity index (χ3n) is 2.30. The number of aromatic nitrogens is 4. The maximum Gasteiger partial charge on any atom is 0.263 e. The topological polar surface area (TPSA) is 98.7 Å². The Kier molecular flexibility index (Phi) is 3.56. The molecule has 0 aliphatic carbocycles. The van der Waals surface area contributed by atoms with Crippen LogP contribution >= 0.6 is 11.3 Å². The van der Waals surface area contributed by atoms with Gasteiger partial charge in [-0.05, 0) is 6.92 Å². The molecule has 0 aromatic carbocycles. The summed E-state index contributed by atoms with van der Waals surface area (Å²) in [5.41, 5.74) is 6.20. The zero-order valence-corrected chi connectivity index (χ0v) is 11.0. The lowest BCUT2D eigenvalue weighted by molar-refractivity contribution is 0.0957. The standard InChI is InChI=1S/C10H14N6OS/c1-6-8(18-10(11)14-6)9(17)12-4-3-7-13-5-16(2)15-7/h5H,3-4H2,1-2H3,(H2,11,14)(H,12,17). The quantitative estimate of drug-likeness (QED) is 0.819. The number of carbonyl (C=O) groups excluding carboxylic acids is 1. The molecule has 7 nitrogen and oxygen atoms in total. The summed E-state index contributed by atoms with van der Waals surface area (Å²) in [6, 6.07) is 0. The number of anilines is 1. The Bertz CT molecular complexity index is 560.